The van der Waals surface area contributed by atoms with E-state index in [9.17, 15) is 4.39 Å². The second-order valence-corrected chi connectivity index (χ2v) is 4.88. The summed E-state index contributed by atoms with van der Waals surface area (Å²) in [6, 6.07) is 8.05. The molecule has 0 spiro atoms. The van der Waals surface area contributed by atoms with Crippen molar-refractivity contribution in [3.05, 3.63) is 29.8 Å². The first-order valence-corrected chi connectivity index (χ1v) is 6.59. The van der Waals surface area contributed by atoms with Crippen LogP contribution in [0.15, 0.2) is 24.3 Å². The Kier molecular flexibility index (Phi) is 4.48. The Balaban J connectivity index is 1.88. The highest BCUT2D eigenvalue weighted by molar-refractivity contribution is 7.99. The van der Waals surface area contributed by atoms with Gasteiger partial charge in [-0.15, -0.1) is 11.8 Å². The highest BCUT2D eigenvalue weighted by atomic mass is 32.2. The van der Waals surface area contributed by atoms with E-state index in [0.29, 0.717) is 18.4 Å². The van der Waals surface area contributed by atoms with Crippen LogP contribution in [0.1, 0.15) is 17.4 Å². The van der Waals surface area contributed by atoms with Crippen LogP contribution in [0.4, 0.5) is 4.39 Å². The van der Waals surface area contributed by atoms with Crippen molar-refractivity contribution in [2.75, 3.05) is 25.6 Å². The van der Waals surface area contributed by atoms with E-state index < -0.39 is 0 Å². The van der Waals surface area contributed by atoms with Crippen molar-refractivity contribution >= 4 is 11.8 Å². The maximum Gasteiger partial charge on any atom is 0.119 e. The second-order valence-electron chi connectivity index (χ2n) is 3.66. The average molecular weight is 241 g/mol. The molecule has 1 N–H and O–H groups in total. The molecule has 1 atom stereocenters. The van der Waals surface area contributed by atoms with Gasteiger partial charge in [-0.3, -0.25) is 4.39 Å². The van der Waals surface area contributed by atoms with Gasteiger partial charge < -0.3 is 10.1 Å². The number of alkyl halides is 1. The third kappa shape index (κ3) is 3.12. The molecule has 1 aliphatic heterocycles. The minimum Gasteiger partial charge on any atom is -0.494 e. The van der Waals surface area contributed by atoms with E-state index in [-0.39, 0.29) is 6.67 Å². The van der Waals surface area contributed by atoms with Gasteiger partial charge in [0.2, 0.25) is 0 Å². The lowest BCUT2D eigenvalue weighted by atomic mass is 10.2. The standard InChI is InChI=1S/C12H16FNOS/c13-6-1-8-15-11-4-2-10(3-5-11)12-14-7-9-16-12/h2-5,12,14H,1,6-9H2. The summed E-state index contributed by atoms with van der Waals surface area (Å²) in [6.07, 6.45) is 0.460. The third-order valence-electron chi connectivity index (χ3n) is 2.45. The average Bonchev–Trinajstić information content (AvgIpc) is 2.84. The van der Waals surface area contributed by atoms with Gasteiger partial charge in [0.05, 0.1) is 18.7 Å². The normalized spacial score (nSPS) is 19.9. The van der Waals surface area contributed by atoms with E-state index in [1.807, 2.05) is 23.9 Å². The third-order valence-corrected chi connectivity index (χ3v) is 3.66. The van der Waals surface area contributed by atoms with E-state index in [2.05, 4.69) is 17.4 Å². The first-order chi connectivity index (χ1) is 7.90. The summed E-state index contributed by atoms with van der Waals surface area (Å²) in [5, 5.41) is 3.83. The predicted octanol–water partition coefficient (Wildman–Crippen LogP) is 2.76. The molecule has 1 aromatic rings. The smallest absolute Gasteiger partial charge is 0.119 e. The van der Waals surface area contributed by atoms with Crippen LogP contribution in [0.25, 0.3) is 0 Å². The van der Waals surface area contributed by atoms with Gasteiger partial charge in [-0.2, -0.15) is 0 Å². The fourth-order valence-electron chi connectivity index (χ4n) is 1.62. The summed E-state index contributed by atoms with van der Waals surface area (Å²) in [6.45, 7) is 1.21. The summed E-state index contributed by atoms with van der Waals surface area (Å²) in [5.74, 6) is 1.99. The van der Waals surface area contributed by atoms with Gasteiger partial charge >= 0.3 is 0 Å². The Morgan fingerprint density at radius 2 is 2.19 bits per heavy atom. The molecule has 2 nitrogen and oxygen atoms in total. The molecule has 0 aliphatic carbocycles. The maximum absolute atomic E-state index is 11.9. The van der Waals surface area contributed by atoms with Gasteiger partial charge in [-0.25, -0.2) is 0 Å². The lowest BCUT2D eigenvalue weighted by molar-refractivity contribution is 0.289. The molecule has 0 bridgehead atoms. The van der Waals surface area contributed by atoms with Crippen molar-refractivity contribution < 1.29 is 9.13 Å². The molecule has 88 valence electrons. The van der Waals surface area contributed by atoms with E-state index in [0.717, 1.165) is 12.3 Å². The van der Waals surface area contributed by atoms with Crippen molar-refractivity contribution in [1.29, 1.82) is 0 Å². The van der Waals surface area contributed by atoms with Crippen molar-refractivity contribution in [3.8, 4) is 5.75 Å². The number of thioether (sulfide) groups is 1. The molecule has 2 rings (SSSR count). The topological polar surface area (TPSA) is 21.3 Å². The number of hydrogen-bond donors (Lipinski definition) is 1. The predicted molar refractivity (Wildman–Crippen MR) is 65.7 cm³/mol. The van der Waals surface area contributed by atoms with Crippen molar-refractivity contribution in [2.24, 2.45) is 0 Å². The second kappa shape index (κ2) is 6.11. The van der Waals surface area contributed by atoms with Crippen LogP contribution in [0.5, 0.6) is 5.75 Å². The zero-order valence-electron chi connectivity index (χ0n) is 9.12. The zero-order valence-corrected chi connectivity index (χ0v) is 9.93. The fraction of sp³-hybridized carbons (Fsp3) is 0.500. The van der Waals surface area contributed by atoms with Crippen LogP contribution in [-0.4, -0.2) is 25.6 Å². The molecule has 1 fully saturated rings. The maximum atomic E-state index is 11.9. The summed E-state index contributed by atoms with van der Waals surface area (Å²) in [7, 11) is 0. The monoisotopic (exact) mass is 241 g/mol. The van der Waals surface area contributed by atoms with E-state index in [1.165, 1.54) is 11.3 Å². The SMILES string of the molecule is FCCCOc1ccc(C2NCCS2)cc1. The molecule has 0 saturated carbocycles. The fourth-order valence-corrected chi connectivity index (χ4v) is 2.68. The van der Waals surface area contributed by atoms with Crippen LogP contribution in [0, 0.1) is 0 Å². The molecular formula is C12H16FNOS. The summed E-state index contributed by atoms with van der Waals surface area (Å²) < 4.78 is 17.3. The highest BCUT2D eigenvalue weighted by Gasteiger charge is 2.16. The van der Waals surface area contributed by atoms with Crippen LogP contribution in [-0.2, 0) is 0 Å². The molecule has 1 aromatic carbocycles. The lowest BCUT2D eigenvalue weighted by Crippen LogP contribution is -2.11. The van der Waals surface area contributed by atoms with Crippen molar-refractivity contribution in [1.82, 2.24) is 5.32 Å². The minimum absolute atomic E-state index is 0.319. The number of nitrogens with one attached hydrogen (secondary N) is 1. The molecule has 1 saturated heterocycles. The zero-order chi connectivity index (χ0) is 11.2. The first kappa shape index (κ1) is 11.7. The van der Waals surface area contributed by atoms with Crippen LogP contribution in [0.2, 0.25) is 0 Å². The molecule has 16 heavy (non-hydrogen) atoms. The van der Waals surface area contributed by atoms with Gasteiger partial charge in [-0.05, 0) is 17.7 Å². The number of halogens is 1. The van der Waals surface area contributed by atoms with Gasteiger partial charge in [0.15, 0.2) is 0 Å². The van der Waals surface area contributed by atoms with E-state index in [1.54, 1.807) is 0 Å². The molecule has 0 aromatic heterocycles. The number of ether oxygens (including phenoxy) is 1. The number of benzene rings is 1. The highest BCUT2D eigenvalue weighted by Crippen LogP contribution is 2.30. The molecular weight excluding hydrogens is 225 g/mol. The molecule has 0 amide bonds. The van der Waals surface area contributed by atoms with E-state index in [4.69, 9.17) is 4.74 Å². The quantitative estimate of drug-likeness (QED) is 0.801. The summed E-state index contributed by atoms with van der Waals surface area (Å²) in [4.78, 5) is 0. The Labute approximate surface area is 99.6 Å². The largest absolute Gasteiger partial charge is 0.494 e. The van der Waals surface area contributed by atoms with Gasteiger partial charge in [0.1, 0.15) is 5.75 Å². The lowest BCUT2D eigenvalue weighted by Gasteiger charge is -2.11. The van der Waals surface area contributed by atoms with Gasteiger partial charge in [0, 0.05) is 18.7 Å². The Morgan fingerprint density at radius 3 is 2.81 bits per heavy atom. The van der Waals surface area contributed by atoms with Crippen LogP contribution < -0.4 is 10.1 Å². The molecule has 1 heterocycles. The molecule has 4 heteroatoms. The van der Waals surface area contributed by atoms with Crippen molar-refractivity contribution in [3.63, 3.8) is 0 Å². The number of rotatable bonds is 5. The molecule has 0 radical (unpaired) electrons. The Morgan fingerprint density at radius 1 is 1.38 bits per heavy atom. The summed E-state index contributed by atoms with van der Waals surface area (Å²) >= 11 is 1.92. The summed E-state index contributed by atoms with van der Waals surface area (Å²) in [5.41, 5.74) is 1.28. The van der Waals surface area contributed by atoms with Gasteiger partial charge in [0.25, 0.3) is 0 Å². The van der Waals surface area contributed by atoms with E-state index >= 15 is 0 Å². The van der Waals surface area contributed by atoms with Gasteiger partial charge in [-0.1, -0.05) is 12.1 Å². The van der Waals surface area contributed by atoms with Crippen molar-refractivity contribution in [2.45, 2.75) is 11.8 Å². The molecule has 1 aliphatic rings. The minimum atomic E-state index is -0.319. The Bertz CT molecular complexity index is 311. The first-order valence-electron chi connectivity index (χ1n) is 5.54. The number of hydrogen-bond acceptors (Lipinski definition) is 3. The molecule has 1 unspecified atom stereocenters. The van der Waals surface area contributed by atoms with Crippen LogP contribution >= 0.6 is 11.8 Å². The van der Waals surface area contributed by atoms with Crippen LogP contribution in [0.3, 0.4) is 0 Å². The Hall–Kier alpha value is -0.740.